The zero-order valence-corrected chi connectivity index (χ0v) is 13.1. The van der Waals surface area contributed by atoms with Crippen LogP contribution in [-0.2, 0) is 4.79 Å². The summed E-state index contributed by atoms with van der Waals surface area (Å²) in [5.41, 5.74) is -0.00944. The van der Waals surface area contributed by atoms with Gasteiger partial charge in [-0.2, -0.15) is 0 Å². The Morgan fingerprint density at radius 3 is 2.53 bits per heavy atom. The lowest BCUT2D eigenvalue weighted by Crippen LogP contribution is -2.51. The van der Waals surface area contributed by atoms with Crippen molar-refractivity contribution in [1.29, 1.82) is 0 Å². The molecule has 1 heterocycles. The summed E-state index contributed by atoms with van der Waals surface area (Å²) < 4.78 is 0. The standard InChI is InChI=1S/C13H24N2O3S/c1-8(2)13(4,5)7-14-12(18)15-9(3)19-6-10(15)11(16)17/h8-10H,6-7H2,1-5H3,(H,14,18)(H,16,17). The second-order valence-corrected chi connectivity index (χ2v) is 7.34. The van der Waals surface area contributed by atoms with Gasteiger partial charge in [0.2, 0.25) is 0 Å². The number of hydrogen-bond acceptors (Lipinski definition) is 3. The van der Waals surface area contributed by atoms with Gasteiger partial charge in [-0.15, -0.1) is 11.8 Å². The van der Waals surface area contributed by atoms with Gasteiger partial charge in [0.15, 0.2) is 0 Å². The molecule has 6 heteroatoms. The van der Waals surface area contributed by atoms with Gasteiger partial charge in [0.25, 0.3) is 0 Å². The molecule has 1 aliphatic rings. The van der Waals surface area contributed by atoms with Crippen LogP contribution in [0.2, 0.25) is 0 Å². The van der Waals surface area contributed by atoms with E-state index < -0.39 is 12.0 Å². The number of aliphatic carboxylic acids is 1. The van der Waals surface area contributed by atoms with Crippen molar-refractivity contribution in [3.8, 4) is 0 Å². The molecule has 2 atom stereocenters. The van der Waals surface area contributed by atoms with E-state index in [1.165, 1.54) is 16.7 Å². The predicted molar refractivity (Wildman–Crippen MR) is 77.2 cm³/mol. The molecule has 0 aromatic heterocycles. The van der Waals surface area contributed by atoms with Crippen LogP contribution >= 0.6 is 11.8 Å². The summed E-state index contributed by atoms with van der Waals surface area (Å²) in [6, 6.07) is -0.999. The molecule has 0 aliphatic carbocycles. The average molecular weight is 288 g/mol. The number of carbonyl (C=O) groups excluding carboxylic acids is 1. The number of hydrogen-bond donors (Lipinski definition) is 2. The third kappa shape index (κ3) is 3.78. The molecule has 19 heavy (non-hydrogen) atoms. The molecule has 0 aromatic rings. The molecule has 5 nitrogen and oxygen atoms in total. The molecular formula is C13H24N2O3S. The zero-order valence-electron chi connectivity index (χ0n) is 12.3. The molecule has 0 aromatic carbocycles. The van der Waals surface area contributed by atoms with Crippen LogP contribution in [0.5, 0.6) is 0 Å². The summed E-state index contributed by atoms with van der Waals surface area (Å²) in [5.74, 6) is -0.0409. The average Bonchev–Trinajstić information content (AvgIpc) is 2.68. The van der Waals surface area contributed by atoms with Gasteiger partial charge >= 0.3 is 12.0 Å². The SMILES string of the molecule is CC1SCC(C(=O)O)N1C(=O)NCC(C)(C)C(C)C. The van der Waals surface area contributed by atoms with Crippen molar-refractivity contribution in [2.24, 2.45) is 11.3 Å². The van der Waals surface area contributed by atoms with Crippen molar-refractivity contribution < 1.29 is 14.7 Å². The fourth-order valence-electron chi connectivity index (χ4n) is 1.74. The van der Waals surface area contributed by atoms with Gasteiger partial charge in [0, 0.05) is 12.3 Å². The van der Waals surface area contributed by atoms with E-state index in [4.69, 9.17) is 5.11 Å². The number of nitrogens with one attached hydrogen (secondary N) is 1. The zero-order chi connectivity index (χ0) is 14.8. The summed E-state index contributed by atoms with van der Waals surface area (Å²) in [6.07, 6.45) is 0. The summed E-state index contributed by atoms with van der Waals surface area (Å²) >= 11 is 1.49. The largest absolute Gasteiger partial charge is 0.480 e. The minimum absolute atomic E-state index is 0.00944. The number of urea groups is 1. The third-order valence-corrected chi connectivity index (χ3v) is 5.22. The molecule has 1 fully saturated rings. The fraction of sp³-hybridized carbons (Fsp3) is 0.846. The van der Waals surface area contributed by atoms with Crippen molar-refractivity contribution in [2.45, 2.75) is 46.0 Å². The lowest BCUT2D eigenvalue weighted by Gasteiger charge is -2.32. The molecule has 0 bridgehead atoms. The molecular weight excluding hydrogens is 264 g/mol. The number of thioether (sulfide) groups is 1. The van der Waals surface area contributed by atoms with Crippen LogP contribution in [0.4, 0.5) is 4.79 Å². The van der Waals surface area contributed by atoms with Crippen molar-refractivity contribution >= 4 is 23.8 Å². The van der Waals surface area contributed by atoms with Gasteiger partial charge in [-0.1, -0.05) is 27.7 Å². The predicted octanol–water partition coefficient (Wildman–Crippen LogP) is 2.23. The maximum atomic E-state index is 12.2. The molecule has 2 N–H and O–H groups in total. The highest BCUT2D eigenvalue weighted by Gasteiger charge is 2.39. The van der Waals surface area contributed by atoms with E-state index in [-0.39, 0.29) is 16.8 Å². The number of rotatable bonds is 4. The van der Waals surface area contributed by atoms with Crippen LogP contribution in [0.15, 0.2) is 0 Å². The molecule has 0 spiro atoms. The van der Waals surface area contributed by atoms with E-state index in [0.29, 0.717) is 18.2 Å². The number of carboxylic acids is 1. The molecule has 1 aliphatic heterocycles. The second kappa shape index (κ2) is 6.03. The van der Waals surface area contributed by atoms with Gasteiger partial charge in [-0.05, 0) is 18.3 Å². The van der Waals surface area contributed by atoms with Gasteiger partial charge in [-0.3, -0.25) is 4.90 Å². The monoisotopic (exact) mass is 288 g/mol. The van der Waals surface area contributed by atoms with Crippen molar-refractivity contribution in [2.75, 3.05) is 12.3 Å². The van der Waals surface area contributed by atoms with E-state index >= 15 is 0 Å². The summed E-state index contributed by atoms with van der Waals surface area (Å²) in [5, 5.41) is 11.9. The molecule has 110 valence electrons. The summed E-state index contributed by atoms with van der Waals surface area (Å²) in [7, 11) is 0. The fourth-order valence-corrected chi connectivity index (χ4v) is 2.91. The Morgan fingerprint density at radius 1 is 1.47 bits per heavy atom. The van der Waals surface area contributed by atoms with Crippen LogP contribution in [0.1, 0.15) is 34.6 Å². The van der Waals surface area contributed by atoms with E-state index in [9.17, 15) is 9.59 Å². The quantitative estimate of drug-likeness (QED) is 0.832. The number of carboxylic acid groups (broad SMARTS) is 1. The first kappa shape index (κ1) is 16.1. The molecule has 0 saturated carbocycles. The topological polar surface area (TPSA) is 69.6 Å². The Balaban J connectivity index is 2.64. The van der Waals surface area contributed by atoms with Crippen molar-refractivity contribution in [3.05, 3.63) is 0 Å². The minimum Gasteiger partial charge on any atom is -0.480 e. The van der Waals surface area contributed by atoms with Crippen LogP contribution in [0.25, 0.3) is 0 Å². The molecule has 2 unspecified atom stereocenters. The summed E-state index contributed by atoms with van der Waals surface area (Å²) in [6.45, 7) is 10.8. The number of carbonyl (C=O) groups is 2. The Kier molecular flexibility index (Phi) is 5.12. The van der Waals surface area contributed by atoms with Crippen LogP contribution < -0.4 is 5.32 Å². The Bertz CT molecular complexity index is 358. The first-order chi connectivity index (χ1) is 8.66. The summed E-state index contributed by atoms with van der Waals surface area (Å²) in [4.78, 5) is 24.7. The lowest BCUT2D eigenvalue weighted by molar-refractivity contribution is -0.141. The van der Waals surface area contributed by atoms with E-state index in [2.05, 4.69) is 33.0 Å². The lowest BCUT2D eigenvalue weighted by atomic mass is 9.81. The Hall–Kier alpha value is -0.910. The maximum Gasteiger partial charge on any atom is 0.327 e. The second-order valence-electron chi connectivity index (χ2n) is 6.00. The Labute approximate surface area is 119 Å². The van der Waals surface area contributed by atoms with Crippen LogP contribution in [0, 0.1) is 11.3 Å². The van der Waals surface area contributed by atoms with E-state index in [1.54, 1.807) is 0 Å². The molecule has 1 saturated heterocycles. The number of nitrogens with zero attached hydrogens (tertiary/aromatic N) is 1. The van der Waals surface area contributed by atoms with Crippen molar-refractivity contribution in [3.63, 3.8) is 0 Å². The van der Waals surface area contributed by atoms with E-state index in [1.807, 2.05) is 6.92 Å². The number of amides is 2. The maximum absolute atomic E-state index is 12.2. The normalized spacial score (nSPS) is 23.8. The molecule has 0 radical (unpaired) electrons. The first-order valence-electron chi connectivity index (χ1n) is 6.57. The first-order valence-corrected chi connectivity index (χ1v) is 7.62. The highest BCUT2D eigenvalue weighted by atomic mass is 32.2. The Morgan fingerprint density at radius 2 is 2.05 bits per heavy atom. The van der Waals surface area contributed by atoms with Gasteiger partial charge < -0.3 is 10.4 Å². The molecule has 2 amide bonds. The van der Waals surface area contributed by atoms with Gasteiger partial charge in [-0.25, -0.2) is 9.59 Å². The highest BCUT2D eigenvalue weighted by Crippen LogP contribution is 2.29. The highest BCUT2D eigenvalue weighted by molar-refractivity contribution is 8.00. The smallest absolute Gasteiger partial charge is 0.327 e. The molecule has 1 rings (SSSR count). The van der Waals surface area contributed by atoms with Crippen LogP contribution in [0.3, 0.4) is 0 Å². The van der Waals surface area contributed by atoms with Crippen molar-refractivity contribution in [1.82, 2.24) is 10.2 Å². The van der Waals surface area contributed by atoms with Crippen LogP contribution in [-0.4, -0.2) is 45.7 Å². The third-order valence-electron chi connectivity index (χ3n) is 4.00. The van der Waals surface area contributed by atoms with Gasteiger partial charge in [0.05, 0.1) is 5.37 Å². The minimum atomic E-state index is -0.935. The van der Waals surface area contributed by atoms with E-state index in [0.717, 1.165) is 0 Å². The van der Waals surface area contributed by atoms with Gasteiger partial charge in [0.1, 0.15) is 6.04 Å².